The lowest BCUT2D eigenvalue weighted by molar-refractivity contribution is -0.146. The number of aromatic nitrogens is 1. The molecule has 1 amide bonds. The zero-order valence-electron chi connectivity index (χ0n) is 11.4. The van der Waals surface area contributed by atoms with Crippen LogP contribution in [0.25, 0.3) is 10.9 Å². The normalized spacial score (nSPS) is 18.1. The maximum Gasteiger partial charge on any atom is 0.326 e. The van der Waals surface area contributed by atoms with E-state index in [1.165, 1.54) is 4.90 Å². The topological polar surface area (TPSA) is 73.4 Å². The number of H-pyrrole nitrogens is 1. The Hall–Kier alpha value is -2.30. The molecule has 1 aliphatic rings. The number of amides is 1. The number of carbonyl (C=O) groups excluding carboxylic acids is 1. The minimum Gasteiger partial charge on any atom is -0.480 e. The minimum atomic E-state index is -0.936. The number of nitrogens with one attached hydrogen (secondary N) is 1. The molecular formula is C15H16N2O3. The van der Waals surface area contributed by atoms with E-state index in [4.69, 9.17) is 5.11 Å². The Bertz CT molecular complexity index is 717. The third-order valence-electron chi connectivity index (χ3n) is 3.99. The highest BCUT2D eigenvalue weighted by atomic mass is 16.4. The van der Waals surface area contributed by atoms with Crippen LogP contribution in [0, 0.1) is 13.8 Å². The average Bonchev–Trinajstić information content (AvgIpc) is 2.64. The van der Waals surface area contributed by atoms with Crippen molar-refractivity contribution < 1.29 is 14.7 Å². The fourth-order valence-corrected chi connectivity index (χ4v) is 2.69. The highest BCUT2D eigenvalue weighted by Gasteiger charge is 2.38. The summed E-state index contributed by atoms with van der Waals surface area (Å²) in [7, 11) is 0. The third-order valence-corrected chi connectivity index (χ3v) is 3.99. The first-order valence-corrected chi connectivity index (χ1v) is 6.61. The number of fused-ring (bicyclic) bond motifs is 1. The molecule has 1 unspecified atom stereocenters. The first-order chi connectivity index (χ1) is 9.49. The second-order valence-corrected chi connectivity index (χ2v) is 5.32. The smallest absolute Gasteiger partial charge is 0.326 e. The number of carboxylic acids is 1. The number of likely N-dealkylation sites (tertiary alicyclic amines) is 1. The number of rotatable bonds is 2. The predicted octanol–water partition coefficient (Wildman–Crippen LogP) is 2.08. The molecule has 1 saturated heterocycles. The molecule has 3 rings (SSSR count). The molecule has 0 spiro atoms. The third kappa shape index (κ3) is 1.78. The number of nitrogens with zero attached hydrogens (tertiary/aromatic N) is 1. The molecule has 1 aromatic carbocycles. The zero-order valence-corrected chi connectivity index (χ0v) is 11.4. The quantitative estimate of drug-likeness (QED) is 0.879. The van der Waals surface area contributed by atoms with Crippen molar-refractivity contribution in [1.29, 1.82) is 0 Å². The van der Waals surface area contributed by atoms with E-state index in [-0.39, 0.29) is 5.91 Å². The number of hydrogen-bond donors (Lipinski definition) is 2. The number of benzene rings is 1. The van der Waals surface area contributed by atoms with Crippen molar-refractivity contribution in [3.63, 3.8) is 0 Å². The summed E-state index contributed by atoms with van der Waals surface area (Å²) in [5.74, 6) is -1.16. The Labute approximate surface area is 116 Å². The van der Waals surface area contributed by atoms with Gasteiger partial charge in [-0.25, -0.2) is 4.79 Å². The van der Waals surface area contributed by atoms with Crippen LogP contribution in [0.1, 0.15) is 28.0 Å². The maximum absolute atomic E-state index is 12.4. The lowest BCUT2D eigenvalue weighted by Gasteiger charge is -2.37. The van der Waals surface area contributed by atoms with E-state index >= 15 is 0 Å². The molecule has 2 heterocycles. The minimum absolute atomic E-state index is 0.227. The van der Waals surface area contributed by atoms with Crippen LogP contribution >= 0.6 is 0 Å². The van der Waals surface area contributed by atoms with Gasteiger partial charge < -0.3 is 15.0 Å². The van der Waals surface area contributed by atoms with Crippen molar-refractivity contribution in [3.8, 4) is 0 Å². The van der Waals surface area contributed by atoms with Crippen molar-refractivity contribution in [2.24, 2.45) is 0 Å². The van der Waals surface area contributed by atoms with Crippen LogP contribution in [0.5, 0.6) is 0 Å². The first kappa shape index (κ1) is 12.7. The van der Waals surface area contributed by atoms with E-state index < -0.39 is 12.0 Å². The number of aromatic amines is 1. The summed E-state index contributed by atoms with van der Waals surface area (Å²) in [5, 5.41) is 10.1. The van der Waals surface area contributed by atoms with Crippen molar-refractivity contribution in [2.45, 2.75) is 26.3 Å². The van der Waals surface area contributed by atoms with Crippen LogP contribution in [0.2, 0.25) is 0 Å². The van der Waals surface area contributed by atoms with Crippen LogP contribution in [-0.2, 0) is 4.79 Å². The van der Waals surface area contributed by atoms with Gasteiger partial charge >= 0.3 is 5.97 Å². The molecule has 5 nitrogen and oxygen atoms in total. The van der Waals surface area contributed by atoms with Gasteiger partial charge in [0, 0.05) is 17.4 Å². The number of carbonyl (C=O) groups is 2. The molecule has 0 bridgehead atoms. The molecule has 1 fully saturated rings. The van der Waals surface area contributed by atoms with Gasteiger partial charge in [-0.1, -0.05) is 11.6 Å². The molecule has 104 valence electrons. The molecule has 2 N–H and O–H groups in total. The van der Waals surface area contributed by atoms with Gasteiger partial charge in [-0.15, -0.1) is 0 Å². The maximum atomic E-state index is 12.4. The highest BCUT2D eigenvalue weighted by Crippen LogP contribution is 2.27. The van der Waals surface area contributed by atoms with E-state index in [0.717, 1.165) is 22.0 Å². The molecule has 0 radical (unpaired) electrons. The number of hydrogen-bond acceptors (Lipinski definition) is 2. The van der Waals surface area contributed by atoms with Gasteiger partial charge in [0.05, 0.1) is 0 Å². The summed E-state index contributed by atoms with van der Waals surface area (Å²) in [6.07, 6.45) is 0.527. The van der Waals surface area contributed by atoms with Crippen LogP contribution in [0.15, 0.2) is 18.2 Å². The van der Waals surface area contributed by atoms with Crippen LogP contribution in [0.3, 0.4) is 0 Å². The van der Waals surface area contributed by atoms with Crippen molar-refractivity contribution >= 4 is 22.8 Å². The van der Waals surface area contributed by atoms with E-state index in [1.54, 1.807) is 0 Å². The lowest BCUT2D eigenvalue weighted by Crippen LogP contribution is -2.55. The standard InChI is InChI=1S/C15H16N2O3/c1-8-3-4-11-10(7-8)9(2)13(16-11)14(18)17-6-5-12(17)15(19)20/h3-4,7,12,16H,5-6H2,1-2H3,(H,19,20). The molecular weight excluding hydrogens is 256 g/mol. The number of carboxylic acid groups (broad SMARTS) is 1. The Morgan fingerprint density at radius 1 is 1.35 bits per heavy atom. The van der Waals surface area contributed by atoms with Crippen molar-refractivity contribution in [2.75, 3.05) is 6.54 Å². The molecule has 20 heavy (non-hydrogen) atoms. The van der Waals surface area contributed by atoms with E-state index in [1.807, 2.05) is 32.0 Å². The van der Waals surface area contributed by atoms with Crippen LogP contribution in [0.4, 0.5) is 0 Å². The fraction of sp³-hybridized carbons (Fsp3) is 0.333. The fourth-order valence-electron chi connectivity index (χ4n) is 2.69. The molecule has 0 saturated carbocycles. The van der Waals surface area contributed by atoms with Gasteiger partial charge in [0.15, 0.2) is 0 Å². The van der Waals surface area contributed by atoms with Gasteiger partial charge in [-0.2, -0.15) is 0 Å². The van der Waals surface area contributed by atoms with E-state index in [0.29, 0.717) is 18.7 Å². The van der Waals surface area contributed by atoms with Crippen LogP contribution in [-0.4, -0.2) is 39.5 Å². The summed E-state index contributed by atoms with van der Waals surface area (Å²) in [4.78, 5) is 28.0. The van der Waals surface area contributed by atoms with Gasteiger partial charge in [0.2, 0.25) is 0 Å². The van der Waals surface area contributed by atoms with E-state index in [9.17, 15) is 9.59 Å². The summed E-state index contributed by atoms with van der Waals surface area (Å²) in [6, 6.07) is 5.27. The average molecular weight is 272 g/mol. The first-order valence-electron chi connectivity index (χ1n) is 6.61. The molecule has 0 aliphatic carbocycles. The molecule has 2 aromatic rings. The Morgan fingerprint density at radius 2 is 2.10 bits per heavy atom. The summed E-state index contributed by atoms with van der Waals surface area (Å²) >= 11 is 0. The summed E-state index contributed by atoms with van der Waals surface area (Å²) < 4.78 is 0. The highest BCUT2D eigenvalue weighted by molar-refractivity contribution is 6.02. The SMILES string of the molecule is Cc1ccc2[nH]c(C(=O)N3CCC3C(=O)O)c(C)c2c1. The second-order valence-electron chi connectivity index (χ2n) is 5.32. The lowest BCUT2D eigenvalue weighted by atomic mass is 10.0. The van der Waals surface area contributed by atoms with Gasteiger partial charge in [-0.3, -0.25) is 4.79 Å². The molecule has 1 aromatic heterocycles. The Kier molecular flexibility index (Phi) is 2.78. The number of aliphatic carboxylic acids is 1. The Balaban J connectivity index is 2.00. The van der Waals surface area contributed by atoms with Gasteiger partial charge in [0.1, 0.15) is 11.7 Å². The van der Waals surface area contributed by atoms with E-state index in [2.05, 4.69) is 4.98 Å². The van der Waals surface area contributed by atoms with Gasteiger partial charge in [0.25, 0.3) is 5.91 Å². The van der Waals surface area contributed by atoms with Crippen molar-refractivity contribution in [3.05, 3.63) is 35.0 Å². The zero-order chi connectivity index (χ0) is 14.4. The summed E-state index contributed by atoms with van der Waals surface area (Å²) in [5.41, 5.74) is 3.41. The van der Waals surface area contributed by atoms with Crippen LogP contribution < -0.4 is 0 Å². The summed E-state index contributed by atoms with van der Waals surface area (Å²) in [6.45, 7) is 4.40. The van der Waals surface area contributed by atoms with Gasteiger partial charge in [-0.05, 0) is 38.0 Å². The molecule has 1 atom stereocenters. The predicted molar refractivity (Wildman–Crippen MR) is 74.9 cm³/mol. The second kappa shape index (κ2) is 4.37. The molecule has 5 heteroatoms. The monoisotopic (exact) mass is 272 g/mol. The number of aryl methyl sites for hydroxylation is 2. The Morgan fingerprint density at radius 3 is 2.70 bits per heavy atom. The molecule has 1 aliphatic heterocycles. The van der Waals surface area contributed by atoms with Crippen molar-refractivity contribution in [1.82, 2.24) is 9.88 Å². The largest absolute Gasteiger partial charge is 0.480 e.